The van der Waals surface area contributed by atoms with Gasteiger partial charge in [0, 0.05) is 30.4 Å². The molecule has 1 amide bonds. The van der Waals surface area contributed by atoms with E-state index in [1.807, 2.05) is 17.5 Å². The van der Waals surface area contributed by atoms with Crippen molar-refractivity contribution in [2.24, 2.45) is 5.92 Å². The number of rotatable bonds is 5. The molecule has 3 heterocycles. The quantitative estimate of drug-likeness (QED) is 0.901. The minimum Gasteiger partial charge on any atom is -0.378 e. The van der Waals surface area contributed by atoms with Crippen LogP contribution in [-0.2, 0) is 4.74 Å². The van der Waals surface area contributed by atoms with Crippen molar-refractivity contribution in [1.82, 2.24) is 15.3 Å². The molecule has 0 spiro atoms. The summed E-state index contributed by atoms with van der Waals surface area (Å²) in [6.07, 6.45) is 3.19. The van der Waals surface area contributed by atoms with Gasteiger partial charge in [-0.25, -0.2) is 9.97 Å². The van der Waals surface area contributed by atoms with Gasteiger partial charge in [-0.3, -0.25) is 4.79 Å². The van der Waals surface area contributed by atoms with Gasteiger partial charge in [-0.05, 0) is 17.4 Å². The number of amides is 1. The third-order valence-corrected chi connectivity index (χ3v) is 4.95. The summed E-state index contributed by atoms with van der Waals surface area (Å²) in [5.74, 6) is 0.810. The Morgan fingerprint density at radius 3 is 2.58 bits per heavy atom. The Hall–Kier alpha value is -1.99. The Bertz CT molecular complexity index is 652. The van der Waals surface area contributed by atoms with Crippen molar-refractivity contribution < 1.29 is 9.53 Å². The molecule has 0 aliphatic carbocycles. The van der Waals surface area contributed by atoms with Crippen molar-refractivity contribution in [3.63, 3.8) is 0 Å². The Balaban J connectivity index is 1.68. The number of ether oxygens (including phenoxy) is 1. The molecule has 0 unspecified atom stereocenters. The standard InChI is InChI=1S/C17H22N4O2S/c1-12(2)15(14-4-3-9-24-14)20-16(22)13-10-18-17(19-11-13)21-5-7-23-8-6-21/h3-4,9-12,15H,5-8H2,1-2H3,(H,20,22)/t15-/m0/s1. The van der Waals surface area contributed by atoms with Gasteiger partial charge in [-0.2, -0.15) is 0 Å². The van der Waals surface area contributed by atoms with Crippen molar-refractivity contribution in [2.75, 3.05) is 31.2 Å². The van der Waals surface area contributed by atoms with Gasteiger partial charge < -0.3 is 15.0 Å². The van der Waals surface area contributed by atoms with E-state index in [0.29, 0.717) is 30.6 Å². The Kier molecular flexibility index (Phi) is 5.42. The number of carbonyl (C=O) groups excluding carboxylic acids is 1. The smallest absolute Gasteiger partial charge is 0.254 e. The molecule has 7 heteroatoms. The average molecular weight is 346 g/mol. The highest BCUT2D eigenvalue weighted by molar-refractivity contribution is 7.10. The van der Waals surface area contributed by atoms with Gasteiger partial charge in [0.25, 0.3) is 5.91 Å². The van der Waals surface area contributed by atoms with Crippen molar-refractivity contribution >= 4 is 23.2 Å². The lowest BCUT2D eigenvalue weighted by Gasteiger charge is -2.26. The van der Waals surface area contributed by atoms with Gasteiger partial charge in [0.1, 0.15) is 0 Å². The first-order chi connectivity index (χ1) is 11.6. The van der Waals surface area contributed by atoms with Gasteiger partial charge in [0.05, 0.1) is 24.8 Å². The molecular formula is C17H22N4O2S. The van der Waals surface area contributed by atoms with Gasteiger partial charge in [0.2, 0.25) is 5.95 Å². The zero-order chi connectivity index (χ0) is 16.9. The van der Waals surface area contributed by atoms with Crippen molar-refractivity contribution in [1.29, 1.82) is 0 Å². The first-order valence-electron chi connectivity index (χ1n) is 8.14. The van der Waals surface area contributed by atoms with Crippen LogP contribution >= 0.6 is 11.3 Å². The summed E-state index contributed by atoms with van der Waals surface area (Å²) >= 11 is 1.65. The molecule has 2 aromatic heterocycles. The normalized spacial score (nSPS) is 16.2. The van der Waals surface area contributed by atoms with Crippen molar-refractivity contribution in [2.45, 2.75) is 19.9 Å². The first-order valence-corrected chi connectivity index (χ1v) is 9.02. The largest absolute Gasteiger partial charge is 0.378 e. The Morgan fingerprint density at radius 1 is 1.29 bits per heavy atom. The summed E-state index contributed by atoms with van der Waals surface area (Å²) in [4.78, 5) is 24.4. The highest BCUT2D eigenvalue weighted by Crippen LogP contribution is 2.26. The first kappa shape index (κ1) is 16.9. The molecular weight excluding hydrogens is 324 g/mol. The zero-order valence-corrected chi connectivity index (χ0v) is 14.8. The molecule has 1 aliphatic rings. The molecule has 3 rings (SSSR count). The van der Waals surface area contributed by atoms with Gasteiger partial charge >= 0.3 is 0 Å². The van der Waals surface area contributed by atoms with Crippen LogP contribution < -0.4 is 10.2 Å². The molecule has 128 valence electrons. The average Bonchev–Trinajstić information content (AvgIpc) is 3.14. The van der Waals surface area contributed by atoms with E-state index in [2.05, 4.69) is 34.0 Å². The molecule has 0 bridgehead atoms. The molecule has 2 aromatic rings. The van der Waals surface area contributed by atoms with E-state index in [4.69, 9.17) is 4.74 Å². The molecule has 1 saturated heterocycles. The number of hydrogen-bond donors (Lipinski definition) is 1. The number of thiophene rings is 1. The molecule has 1 N–H and O–H groups in total. The number of aromatic nitrogens is 2. The number of nitrogens with zero attached hydrogens (tertiary/aromatic N) is 3. The van der Waals surface area contributed by atoms with Crippen LogP contribution in [0.25, 0.3) is 0 Å². The molecule has 0 aromatic carbocycles. The third kappa shape index (κ3) is 3.91. The Labute approximate surface area is 145 Å². The van der Waals surface area contributed by atoms with E-state index in [9.17, 15) is 4.79 Å². The second-order valence-corrected chi connectivity index (χ2v) is 7.06. The predicted octanol–water partition coefficient (Wildman–Crippen LogP) is 2.50. The SMILES string of the molecule is CC(C)[C@H](NC(=O)c1cnc(N2CCOCC2)nc1)c1cccs1. The minimum atomic E-state index is -0.143. The van der Waals surface area contributed by atoms with Gasteiger partial charge in [0.15, 0.2) is 0 Å². The summed E-state index contributed by atoms with van der Waals surface area (Å²) < 4.78 is 5.32. The van der Waals surface area contributed by atoms with Crippen molar-refractivity contribution in [3.05, 3.63) is 40.3 Å². The van der Waals surface area contributed by atoms with Gasteiger partial charge in [-0.15, -0.1) is 11.3 Å². The van der Waals surface area contributed by atoms with E-state index >= 15 is 0 Å². The lowest BCUT2D eigenvalue weighted by atomic mass is 10.0. The molecule has 1 fully saturated rings. The summed E-state index contributed by atoms with van der Waals surface area (Å²) in [5.41, 5.74) is 0.481. The fourth-order valence-electron chi connectivity index (χ4n) is 2.62. The van der Waals surface area contributed by atoms with Crippen LogP contribution in [0.2, 0.25) is 0 Å². The monoisotopic (exact) mass is 346 g/mol. The highest BCUT2D eigenvalue weighted by Gasteiger charge is 2.21. The maximum atomic E-state index is 12.5. The lowest BCUT2D eigenvalue weighted by Crippen LogP contribution is -2.37. The summed E-state index contributed by atoms with van der Waals surface area (Å²) in [6, 6.07) is 4.05. The fraction of sp³-hybridized carbons (Fsp3) is 0.471. The van der Waals surface area contributed by atoms with Crippen molar-refractivity contribution in [3.8, 4) is 0 Å². The highest BCUT2D eigenvalue weighted by atomic mass is 32.1. The van der Waals surface area contributed by atoms with E-state index in [0.717, 1.165) is 18.0 Å². The number of anilines is 1. The van der Waals surface area contributed by atoms with Gasteiger partial charge in [-0.1, -0.05) is 19.9 Å². The second kappa shape index (κ2) is 7.72. The number of nitrogens with one attached hydrogen (secondary N) is 1. The molecule has 0 radical (unpaired) electrons. The van der Waals surface area contributed by atoms with E-state index in [1.54, 1.807) is 23.7 Å². The molecule has 6 nitrogen and oxygen atoms in total. The van der Waals surface area contributed by atoms with Crippen LogP contribution in [0.3, 0.4) is 0 Å². The second-order valence-electron chi connectivity index (χ2n) is 6.08. The van der Waals surface area contributed by atoms with Crippen LogP contribution in [0.4, 0.5) is 5.95 Å². The maximum absolute atomic E-state index is 12.5. The van der Waals surface area contributed by atoms with E-state index < -0.39 is 0 Å². The zero-order valence-electron chi connectivity index (χ0n) is 13.9. The number of morpholine rings is 1. The summed E-state index contributed by atoms with van der Waals surface area (Å²) in [7, 11) is 0. The maximum Gasteiger partial charge on any atom is 0.254 e. The van der Waals surface area contributed by atoms with E-state index in [-0.39, 0.29) is 11.9 Å². The summed E-state index contributed by atoms with van der Waals surface area (Å²) in [6.45, 7) is 7.12. The predicted molar refractivity (Wildman–Crippen MR) is 94.4 cm³/mol. The number of hydrogen-bond acceptors (Lipinski definition) is 6. The number of carbonyl (C=O) groups is 1. The molecule has 1 aliphatic heterocycles. The van der Waals surface area contributed by atoms with Crippen LogP contribution in [-0.4, -0.2) is 42.2 Å². The van der Waals surface area contributed by atoms with Crippen LogP contribution in [0.15, 0.2) is 29.9 Å². The topological polar surface area (TPSA) is 67.4 Å². The summed E-state index contributed by atoms with van der Waals surface area (Å²) in [5, 5.41) is 5.12. The van der Waals surface area contributed by atoms with E-state index in [1.165, 1.54) is 0 Å². The lowest BCUT2D eigenvalue weighted by molar-refractivity contribution is 0.0925. The molecule has 24 heavy (non-hydrogen) atoms. The van der Waals surface area contributed by atoms with Crippen LogP contribution in [0, 0.1) is 5.92 Å². The van der Waals surface area contributed by atoms with Crippen LogP contribution in [0.1, 0.15) is 35.1 Å². The third-order valence-electron chi connectivity index (χ3n) is 4.00. The fourth-order valence-corrected chi connectivity index (χ4v) is 3.57. The molecule has 0 saturated carbocycles. The van der Waals surface area contributed by atoms with Crippen LogP contribution in [0.5, 0.6) is 0 Å². The Morgan fingerprint density at radius 2 is 2.00 bits per heavy atom. The molecule has 1 atom stereocenters. The minimum absolute atomic E-state index is 0.00332.